The third kappa shape index (κ3) is 2.79. The van der Waals surface area contributed by atoms with Crippen molar-refractivity contribution in [2.24, 2.45) is 0 Å². The smallest absolute Gasteiger partial charge is 0.131 e. The van der Waals surface area contributed by atoms with Crippen LogP contribution in [0.2, 0.25) is 5.15 Å². The molecule has 1 saturated heterocycles. The molecule has 0 atom stereocenters. The zero-order chi connectivity index (χ0) is 9.80. The van der Waals surface area contributed by atoms with Crippen LogP contribution < -0.4 is 5.32 Å². The summed E-state index contributed by atoms with van der Waals surface area (Å²) in [5.74, 6) is 2.52. The van der Waals surface area contributed by atoms with E-state index >= 15 is 0 Å². The van der Waals surface area contributed by atoms with Crippen LogP contribution in [0.5, 0.6) is 0 Å². The molecule has 14 heavy (non-hydrogen) atoms. The minimum absolute atomic E-state index is 0.556. The van der Waals surface area contributed by atoms with E-state index in [9.17, 15) is 0 Å². The van der Waals surface area contributed by atoms with Crippen molar-refractivity contribution in [1.82, 2.24) is 4.98 Å². The molecule has 0 amide bonds. The van der Waals surface area contributed by atoms with Crippen molar-refractivity contribution >= 4 is 29.1 Å². The van der Waals surface area contributed by atoms with Gasteiger partial charge in [-0.15, -0.1) is 0 Å². The molecule has 1 N–H and O–H groups in total. The first-order valence-corrected chi connectivity index (χ1v) is 6.34. The molecule has 0 saturated carbocycles. The van der Waals surface area contributed by atoms with Crippen molar-refractivity contribution in [2.45, 2.75) is 18.9 Å². The van der Waals surface area contributed by atoms with Crippen LogP contribution in [-0.4, -0.2) is 22.5 Å². The second kappa shape index (κ2) is 4.89. The Bertz CT molecular complexity index is 300. The van der Waals surface area contributed by atoms with E-state index < -0.39 is 0 Å². The zero-order valence-corrected chi connectivity index (χ0v) is 9.44. The minimum Gasteiger partial charge on any atom is -0.382 e. The highest BCUT2D eigenvalue weighted by atomic mass is 35.5. The highest BCUT2D eigenvalue weighted by Crippen LogP contribution is 2.21. The van der Waals surface area contributed by atoms with Crippen LogP contribution in [-0.2, 0) is 0 Å². The van der Waals surface area contributed by atoms with Crippen molar-refractivity contribution < 1.29 is 0 Å². The Hall–Kier alpha value is -0.410. The SMILES string of the molecule is Clc1cc(NC2CCSCC2)ccn1. The largest absolute Gasteiger partial charge is 0.382 e. The fourth-order valence-electron chi connectivity index (χ4n) is 1.57. The van der Waals surface area contributed by atoms with Gasteiger partial charge in [-0.25, -0.2) is 4.98 Å². The minimum atomic E-state index is 0.556. The highest BCUT2D eigenvalue weighted by Gasteiger charge is 2.12. The normalized spacial score (nSPS) is 18.1. The van der Waals surface area contributed by atoms with Gasteiger partial charge >= 0.3 is 0 Å². The number of hydrogen-bond donors (Lipinski definition) is 1. The molecule has 1 aliphatic rings. The van der Waals surface area contributed by atoms with Gasteiger partial charge in [0, 0.05) is 17.9 Å². The van der Waals surface area contributed by atoms with Crippen LogP contribution in [0.25, 0.3) is 0 Å². The third-order valence-corrected chi connectivity index (χ3v) is 3.57. The van der Waals surface area contributed by atoms with Crippen LogP contribution in [0.3, 0.4) is 0 Å². The van der Waals surface area contributed by atoms with E-state index in [0.717, 1.165) is 5.69 Å². The molecule has 0 aromatic carbocycles. The number of nitrogens with one attached hydrogen (secondary N) is 1. The first kappa shape index (κ1) is 10.1. The molecule has 1 aromatic rings. The van der Waals surface area contributed by atoms with E-state index in [1.54, 1.807) is 6.20 Å². The summed E-state index contributed by atoms with van der Waals surface area (Å²) < 4.78 is 0. The zero-order valence-electron chi connectivity index (χ0n) is 7.87. The quantitative estimate of drug-likeness (QED) is 0.788. The molecule has 76 valence electrons. The Morgan fingerprint density at radius 3 is 2.93 bits per heavy atom. The van der Waals surface area contributed by atoms with Crippen LogP contribution in [0.4, 0.5) is 5.69 Å². The molecule has 2 nitrogen and oxygen atoms in total. The van der Waals surface area contributed by atoms with E-state index in [0.29, 0.717) is 11.2 Å². The van der Waals surface area contributed by atoms with E-state index in [-0.39, 0.29) is 0 Å². The van der Waals surface area contributed by atoms with Gasteiger partial charge in [0.25, 0.3) is 0 Å². The van der Waals surface area contributed by atoms with Gasteiger partial charge in [0.05, 0.1) is 0 Å². The van der Waals surface area contributed by atoms with Crippen molar-refractivity contribution in [3.63, 3.8) is 0 Å². The third-order valence-electron chi connectivity index (χ3n) is 2.32. The molecular weight excluding hydrogens is 216 g/mol. The number of nitrogens with zero attached hydrogens (tertiary/aromatic N) is 1. The summed E-state index contributed by atoms with van der Waals surface area (Å²) in [6.45, 7) is 0. The number of rotatable bonds is 2. The van der Waals surface area contributed by atoms with Gasteiger partial charge in [-0.1, -0.05) is 11.6 Å². The number of thioether (sulfide) groups is 1. The van der Waals surface area contributed by atoms with Crippen molar-refractivity contribution in [2.75, 3.05) is 16.8 Å². The Labute approximate surface area is 93.4 Å². The summed E-state index contributed by atoms with van der Waals surface area (Å²) in [7, 11) is 0. The molecule has 2 heterocycles. The molecule has 1 fully saturated rings. The summed E-state index contributed by atoms with van der Waals surface area (Å²) in [5.41, 5.74) is 1.09. The number of aromatic nitrogens is 1. The van der Waals surface area contributed by atoms with Crippen LogP contribution in [0.1, 0.15) is 12.8 Å². The lowest BCUT2D eigenvalue weighted by Crippen LogP contribution is -2.24. The van der Waals surface area contributed by atoms with Crippen LogP contribution in [0.15, 0.2) is 18.3 Å². The lowest BCUT2D eigenvalue weighted by atomic mass is 10.1. The van der Waals surface area contributed by atoms with E-state index in [1.807, 2.05) is 23.9 Å². The Kier molecular flexibility index (Phi) is 3.54. The van der Waals surface area contributed by atoms with Gasteiger partial charge in [-0.3, -0.25) is 0 Å². The second-order valence-corrected chi connectivity index (χ2v) is 5.01. The van der Waals surface area contributed by atoms with Gasteiger partial charge in [0.15, 0.2) is 0 Å². The van der Waals surface area contributed by atoms with Crippen LogP contribution in [0, 0.1) is 0 Å². The maximum absolute atomic E-state index is 5.81. The first-order chi connectivity index (χ1) is 6.84. The average molecular weight is 229 g/mol. The molecule has 4 heteroatoms. The standard InChI is InChI=1S/C10H13ClN2S/c11-10-7-9(1-4-12-10)13-8-2-5-14-6-3-8/h1,4,7-8H,2-3,5-6H2,(H,12,13). The number of anilines is 1. The number of halogens is 1. The van der Waals surface area contributed by atoms with Crippen molar-refractivity contribution in [1.29, 1.82) is 0 Å². The summed E-state index contributed by atoms with van der Waals surface area (Å²) in [6, 6.07) is 4.45. The maximum atomic E-state index is 5.81. The molecular formula is C10H13ClN2S. The van der Waals surface area contributed by atoms with Gasteiger partial charge in [0.1, 0.15) is 5.15 Å². The predicted octanol–water partition coefficient (Wildman–Crippen LogP) is 3.04. The number of hydrogen-bond acceptors (Lipinski definition) is 3. The number of pyridine rings is 1. The molecule has 2 rings (SSSR count). The van der Waals surface area contributed by atoms with Gasteiger partial charge in [-0.05, 0) is 36.5 Å². The molecule has 0 aliphatic carbocycles. The Balaban J connectivity index is 1.95. The molecule has 0 spiro atoms. The van der Waals surface area contributed by atoms with E-state index in [4.69, 9.17) is 11.6 Å². The maximum Gasteiger partial charge on any atom is 0.131 e. The molecule has 0 unspecified atom stereocenters. The lowest BCUT2D eigenvalue weighted by Gasteiger charge is -2.23. The van der Waals surface area contributed by atoms with Crippen molar-refractivity contribution in [3.05, 3.63) is 23.5 Å². The summed E-state index contributed by atoms with van der Waals surface area (Å²) in [5, 5.41) is 4.04. The van der Waals surface area contributed by atoms with Gasteiger partial charge < -0.3 is 5.32 Å². The first-order valence-electron chi connectivity index (χ1n) is 4.80. The molecule has 0 bridgehead atoms. The van der Waals surface area contributed by atoms with Gasteiger partial charge in [-0.2, -0.15) is 11.8 Å². The second-order valence-electron chi connectivity index (χ2n) is 3.40. The summed E-state index contributed by atoms with van der Waals surface area (Å²) >= 11 is 7.84. The fourth-order valence-corrected chi connectivity index (χ4v) is 2.85. The monoisotopic (exact) mass is 228 g/mol. The topological polar surface area (TPSA) is 24.9 Å². The van der Waals surface area contributed by atoms with Crippen molar-refractivity contribution in [3.8, 4) is 0 Å². The Morgan fingerprint density at radius 1 is 1.43 bits per heavy atom. The predicted molar refractivity (Wildman–Crippen MR) is 63.2 cm³/mol. The highest BCUT2D eigenvalue weighted by molar-refractivity contribution is 7.99. The lowest BCUT2D eigenvalue weighted by molar-refractivity contribution is 0.667. The van der Waals surface area contributed by atoms with E-state index in [2.05, 4.69) is 10.3 Å². The van der Waals surface area contributed by atoms with Gasteiger partial charge in [0.2, 0.25) is 0 Å². The molecule has 1 aliphatic heterocycles. The Morgan fingerprint density at radius 2 is 2.21 bits per heavy atom. The summed E-state index contributed by atoms with van der Waals surface area (Å²) in [6.07, 6.45) is 4.22. The summed E-state index contributed by atoms with van der Waals surface area (Å²) in [4.78, 5) is 3.95. The van der Waals surface area contributed by atoms with E-state index in [1.165, 1.54) is 24.3 Å². The van der Waals surface area contributed by atoms with Crippen LogP contribution >= 0.6 is 23.4 Å². The fraction of sp³-hybridized carbons (Fsp3) is 0.500. The molecule has 0 radical (unpaired) electrons. The molecule has 1 aromatic heterocycles. The average Bonchev–Trinajstić information content (AvgIpc) is 2.19.